The minimum Gasteiger partial charge on any atom is -0.323 e. The van der Waals surface area contributed by atoms with Crippen molar-refractivity contribution in [2.75, 3.05) is 0 Å². The molecule has 0 aliphatic rings. The Kier molecular flexibility index (Phi) is 4.09. The summed E-state index contributed by atoms with van der Waals surface area (Å²) in [6, 6.07) is 4.50. The van der Waals surface area contributed by atoms with Gasteiger partial charge in [-0.3, -0.25) is 0 Å². The number of hydrogen-bond acceptors (Lipinski definition) is 2. The first kappa shape index (κ1) is 12.0. The third-order valence-corrected chi connectivity index (χ3v) is 2.23. The average Bonchev–Trinajstić information content (AvgIpc) is 2.14. The van der Waals surface area contributed by atoms with Crippen LogP contribution in [0.3, 0.4) is 0 Å². The maximum atomic E-state index is 13.5. The van der Waals surface area contributed by atoms with Crippen LogP contribution in [0.5, 0.6) is 0 Å². The molecule has 0 fully saturated rings. The molecule has 0 bridgehead atoms. The SMILES string of the molecule is CC(C)C/C(=N\N)c1ccc(Cl)cc1F. The molecule has 0 heterocycles. The molecular formula is C11H14ClFN2. The fraction of sp³-hybridized carbons (Fsp3) is 0.364. The van der Waals surface area contributed by atoms with Gasteiger partial charge in [0, 0.05) is 10.6 Å². The summed E-state index contributed by atoms with van der Waals surface area (Å²) in [6.45, 7) is 4.05. The predicted octanol–water partition coefficient (Wildman–Crippen LogP) is 3.19. The normalized spacial score (nSPS) is 12.2. The zero-order valence-corrected chi connectivity index (χ0v) is 9.55. The van der Waals surface area contributed by atoms with E-state index in [1.165, 1.54) is 6.07 Å². The molecule has 0 aliphatic heterocycles. The van der Waals surface area contributed by atoms with Gasteiger partial charge in [0.05, 0.1) is 5.71 Å². The number of benzene rings is 1. The van der Waals surface area contributed by atoms with E-state index in [1.807, 2.05) is 13.8 Å². The molecule has 82 valence electrons. The Bertz CT molecular complexity index is 375. The number of nitrogens with two attached hydrogens (primary N) is 1. The highest BCUT2D eigenvalue weighted by molar-refractivity contribution is 6.30. The van der Waals surface area contributed by atoms with Crippen molar-refractivity contribution in [3.05, 3.63) is 34.6 Å². The van der Waals surface area contributed by atoms with Gasteiger partial charge in [-0.25, -0.2) is 4.39 Å². The highest BCUT2D eigenvalue weighted by atomic mass is 35.5. The first-order chi connectivity index (χ1) is 7.04. The Morgan fingerprint density at radius 2 is 2.20 bits per heavy atom. The first-order valence-corrected chi connectivity index (χ1v) is 5.14. The summed E-state index contributed by atoms with van der Waals surface area (Å²) in [5.41, 5.74) is 0.995. The van der Waals surface area contributed by atoms with Crippen molar-refractivity contribution < 1.29 is 4.39 Å². The Hall–Kier alpha value is -1.09. The summed E-state index contributed by atoms with van der Waals surface area (Å²) < 4.78 is 13.5. The van der Waals surface area contributed by atoms with Crippen LogP contribution in [-0.4, -0.2) is 5.71 Å². The lowest BCUT2D eigenvalue weighted by atomic mass is 10.00. The van der Waals surface area contributed by atoms with Crippen molar-refractivity contribution in [1.29, 1.82) is 0 Å². The van der Waals surface area contributed by atoms with Crippen molar-refractivity contribution >= 4 is 17.3 Å². The fourth-order valence-corrected chi connectivity index (χ4v) is 1.50. The van der Waals surface area contributed by atoms with E-state index >= 15 is 0 Å². The van der Waals surface area contributed by atoms with E-state index in [0.29, 0.717) is 28.6 Å². The lowest BCUT2D eigenvalue weighted by Crippen LogP contribution is -2.10. The van der Waals surface area contributed by atoms with Crippen molar-refractivity contribution in [3.63, 3.8) is 0 Å². The average molecular weight is 229 g/mol. The van der Waals surface area contributed by atoms with Crippen LogP contribution in [0.4, 0.5) is 4.39 Å². The Labute approximate surface area is 93.9 Å². The molecule has 1 aromatic carbocycles. The van der Waals surface area contributed by atoms with E-state index in [9.17, 15) is 4.39 Å². The summed E-state index contributed by atoms with van der Waals surface area (Å²) in [5.74, 6) is 5.24. The minimum absolute atomic E-state index is 0.372. The highest BCUT2D eigenvalue weighted by Crippen LogP contribution is 2.18. The van der Waals surface area contributed by atoms with E-state index in [1.54, 1.807) is 12.1 Å². The standard InChI is InChI=1S/C11H14ClFN2/c1-7(2)5-11(15-14)9-4-3-8(12)6-10(9)13/h3-4,6-7H,5,14H2,1-2H3/b15-11+. The zero-order chi connectivity index (χ0) is 11.4. The molecule has 0 atom stereocenters. The quantitative estimate of drug-likeness (QED) is 0.482. The monoisotopic (exact) mass is 228 g/mol. The number of hydrazone groups is 1. The van der Waals surface area contributed by atoms with E-state index in [2.05, 4.69) is 5.10 Å². The molecular weight excluding hydrogens is 215 g/mol. The Balaban J connectivity index is 3.03. The molecule has 2 nitrogen and oxygen atoms in total. The zero-order valence-electron chi connectivity index (χ0n) is 8.80. The van der Waals surface area contributed by atoms with Gasteiger partial charge >= 0.3 is 0 Å². The Morgan fingerprint density at radius 3 is 2.67 bits per heavy atom. The van der Waals surface area contributed by atoms with Crippen LogP contribution in [0.15, 0.2) is 23.3 Å². The van der Waals surface area contributed by atoms with E-state index < -0.39 is 0 Å². The number of halogens is 2. The van der Waals surface area contributed by atoms with Gasteiger partial charge in [0.15, 0.2) is 0 Å². The summed E-state index contributed by atoms with van der Waals surface area (Å²) in [6.07, 6.45) is 0.648. The molecule has 2 N–H and O–H groups in total. The third kappa shape index (κ3) is 3.20. The van der Waals surface area contributed by atoms with Crippen molar-refractivity contribution in [3.8, 4) is 0 Å². The largest absolute Gasteiger partial charge is 0.323 e. The van der Waals surface area contributed by atoms with Gasteiger partial charge in [-0.05, 0) is 30.5 Å². The van der Waals surface area contributed by atoms with Crippen LogP contribution < -0.4 is 5.84 Å². The molecule has 1 rings (SSSR count). The number of rotatable bonds is 3. The van der Waals surface area contributed by atoms with Gasteiger partial charge in [0.25, 0.3) is 0 Å². The summed E-state index contributed by atoms with van der Waals surface area (Å²) >= 11 is 5.66. The van der Waals surface area contributed by atoms with Gasteiger partial charge in [0.2, 0.25) is 0 Å². The molecule has 0 radical (unpaired) electrons. The van der Waals surface area contributed by atoms with Crippen molar-refractivity contribution in [1.82, 2.24) is 0 Å². The van der Waals surface area contributed by atoms with Crippen molar-refractivity contribution in [2.45, 2.75) is 20.3 Å². The van der Waals surface area contributed by atoms with Gasteiger partial charge in [-0.2, -0.15) is 5.10 Å². The second kappa shape index (κ2) is 5.12. The van der Waals surface area contributed by atoms with Crippen LogP contribution in [-0.2, 0) is 0 Å². The van der Waals surface area contributed by atoms with Gasteiger partial charge < -0.3 is 5.84 Å². The van der Waals surface area contributed by atoms with E-state index in [0.717, 1.165) is 0 Å². The van der Waals surface area contributed by atoms with E-state index in [4.69, 9.17) is 17.4 Å². The fourth-order valence-electron chi connectivity index (χ4n) is 1.34. The van der Waals surface area contributed by atoms with Gasteiger partial charge in [0.1, 0.15) is 5.82 Å². The maximum absolute atomic E-state index is 13.5. The molecule has 0 unspecified atom stereocenters. The van der Waals surface area contributed by atoms with Crippen LogP contribution in [0.2, 0.25) is 5.02 Å². The lowest BCUT2D eigenvalue weighted by molar-refractivity contribution is 0.621. The lowest BCUT2D eigenvalue weighted by Gasteiger charge is -2.09. The van der Waals surface area contributed by atoms with Crippen LogP contribution in [0, 0.1) is 11.7 Å². The molecule has 4 heteroatoms. The smallest absolute Gasteiger partial charge is 0.133 e. The molecule has 0 saturated carbocycles. The van der Waals surface area contributed by atoms with Crippen molar-refractivity contribution in [2.24, 2.45) is 16.9 Å². The second-order valence-corrected chi connectivity index (χ2v) is 4.23. The number of nitrogens with zero attached hydrogens (tertiary/aromatic N) is 1. The summed E-state index contributed by atoms with van der Waals surface area (Å²) in [5, 5.41) is 3.99. The molecule has 0 spiro atoms. The third-order valence-electron chi connectivity index (χ3n) is 2.00. The molecule has 0 amide bonds. The van der Waals surface area contributed by atoms with Gasteiger partial charge in [-0.15, -0.1) is 0 Å². The molecule has 15 heavy (non-hydrogen) atoms. The van der Waals surface area contributed by atoms with Crippen LogP contribution >= 0.6 is 11.6 Å². The van der Waals surface area contributed by atoms with E-state index in [-0.39, 0.29) is 5.82 Å². The van der Waals surface area contributed by atoms with Gasteiger partial charge in [-0.1, -0.05) is 25.4 Å². The van der Waals surface area contributed by atoms with Crippen LogP contribution in [0.1, 0.15) is 25.8 Å². The van der Waals surface area contributed by atoms with Crippen LogP contribution in [0.25, 0.3) is 0 Å². The highest BCUT2D eigenvalue weighted by Gasteiger charge is 2.11. The molecule has 0 aromatic heterocycles. The topological polar surface area (TPSA) is 38.4 Å². The molecule has 1 aromatic rings. The Morgan fingerprint density at radius 1 is 1.53 bits per heavy atom. The summed E-state index contributed by atoms with van der Waals surface area (Å²) in [4.78, 5) is 0. The maximum Gasteiger partial charge on any atom is 0.133 e. The number of hydrogen-bond donors (Lipinski definition) is 1. The summed E-state index contributed by atoms with van der Waals surface area (Å²) in [7, 11) is 0. The molecule has 0 aliphatic carbocycles. The molecule has 0 saturated heterocycles. The minimum atomic E-state index is -0.382. The second-order valence-electron chi connectivity index (χ2n) is 3.80. The predicted molar refractivity (Wildman–Crippen MR) is 61.6 cm³/mol. The first-order valence-electron chi connectivity index (χ1n) is 4.76.